The molecule has 1 amide bonds. The standard InChI is InChI=1S/C17H18N4O2S/c1-11-6-7-13(23-11)17-18-12(14-5-4-8-24-14)9-15(20-17)19-16(22)10-21(2)3/h4-9H,10H2,1-3H3,(H,18,19,20,22). The molecular weight excluding hydrogens is 324 g/mol. The molecule has 0 aliphatic carbocycles. The maximum atomic E-state index is 12.0. The molecule has 0 bridgehead atoms. The minimum Gasteiger partial charge on any atom is -0.458 e. The van der Waals surface area contributed by atoms with Crippen LogP contribution in [0.4, 0.5) is 5.82 Å². The third-order valence-corrected chi connectivity index (χ3v) is 4.08. The SMILES string of the molecule is Cc1ccc(-c2nc(NC(=O)CN(C)C)cc(-c3cccs3)n2)o1. The topological polar surface area (TPSA) is 71.3 Å². The van der Waals surface area contributed by atoms with Crippen molar-refractivity contribution in [3.8, 4) is 22.2 Å². The van der Waals surface area contributed by atoms with E-state index in [1.807, 2.05) is 50.7 Å². The maximum Gasteiger partial charge on any atom is 0.239 e. The molecule has 24 heavy (non-hydrogen) atoms. The molecular formula is C17H18N4O2S. The maximum absolute atomic E-state index is 12.0. The van der Waals surface area contributed by atoms with Crippen molar-refractivity contribution in [2.45, 2.75) is 6.92 Å². The second-order valence-corrected chi connectivity index (χ2v) is 6.58. The van der Waals surface area contributed by atoms with Gasteiger partial charge in [-0.3, -0.25) is 4.79 Å². The van der Waals surface area contributed by atoms with Crippen LogP contribution < -0.4 is 5.32 Å². The quantitative estimate of drug-likeness (QED) is 0.770. The van der Waals surface area contributed by atoms with E-state index in [2.05, 4.69) is 15.3 Å². The zero-order valence-electron chi connectivity index (χ0n) is 13.7. The van der Waals surface area contributed by atoms with Gasteiger partial charge in [0.05, 0.1) is 17.1 Å². The number of hydrogen-bond acceptors (Lipinski definition) is 6. The van der Waals surface area contributed by atoms with E-state index < -0.39 is 0 Å². The lowest BCUT2D eigenvalue weighted by atomic mass is 10.3. The number of thiophene rings is 1. The number of aromatic nitrogens is 2. The molecule has 0 spiro atoms. The molecule has 7 heteroatoms. The third-order valence-electron chi connectivity index (χ3n) is 3.19. The Morgan fingerprint density at radius 1 is 1.29 bits per heavy atom. The third kappa shape index (κ3) is 3.87. The molecule has 0 aliphatic heterocycles. The molecule has 124 valence electrons. The van der Waals surface area contributed by atoms with Crippen LogP contribution in [0.5, 0.6) is 0 Å². The first kappa shape index (κ1) is 16.4. The summed E-state index contributed by atoms with van der Waals surface area (Å²) in [7, 11) is 3.68. The molecule has 0 saturated heterocycles. The van der Waals surface area contributed by atoms with Gasteiger partial charge in [-0.1, -0.05) is 6.07 Å². The number of amides is 1. The second-order valence-electron chi connectivity index (χ2n) is 5.64. The Balaban J connectivity index is 1.98. The molecule has 0 saturated carbocycles. The lowest BCUT2D eigenvalue weighted by molar-refractivity contribution is -0.116. The average Bonchev–Trinajstić information content (AvgIpc) is 3.17. The molecule has 3 heterocycles. The average molecular weight is 342 g/mol. The Morgan fingerprint density at radius 2 is 2.12 bits per heavy atom. The van der Waals surface area contributed by atoms with Crippen LogP contribution in [0.25, 0.3) is 22.2 Å². The number of hydrogen-bond donors (Lipinski definition) is 1. The molecule has 3 aromatic heterocycles. The van der Waals surface area contributed by atoms with Gasteiger partial charge in [-0.2, -0.15) is 0 Å². The van der Waals surface area contributed by atoms with Gasteiger partial charge < -0.3 is 14.6 Å². The number of nitrogens with zero attached hydrogens (tertiary/aromatic N) is 3. The zero-order valence-corrected chi connectivity index (χ0v) is 14.6. The summed E-state index contributed by atoms with van der Waals surface area (Å²) >= 11 is 1.58. The fourth-order valence-corrected chi connectivity index (χ4v) is 2.88. The summed E-state index contributed by atoms with van der Waals surface area (Å²) in [6.07, 6.45) is 0. The summed E-state index contributed by atoms with van der Waals surface area (Å²) in [5.74, 6) is 2.15. The van der Waals surface area contributed by atoms with E-state index in [1.165, 1.54) is 0 Å². The van der Waals surface area contributed by atoms with Gasteiger partial charge in [-0.15, -0.1) is 11.3 Å². The number of rotatable bonds is 5. The Kier molecular flexibility index (Phi) is 4.73. The van der Waals surface area contributed by atoms with E-state index in [9.17, 15) is 4.79 Å². The number of nitrogens with one attached hydrogen (secondary N) is 1. The van der Waals surface area contributed by atoms with E-state index in [4.69, 9.17) is 4.42 Å². The van der Waals surface area contributed by atoms with Gasteiger partial charge in [0.1, 0.15) is 11.6 Å². The van der Waals surface area contributed by atoms with E-state index in [1.54, 1.807) is 22.3 Å². The highest BCUT2D eigenvalue weighted by Crippen LogP contribution is 2.28. The van der Waals surface area contributed by atoms with E-state index in [0.717, 1.165) is 16.3 Å². The Labute approximate surface area is 144 Å². The van der Waals surface area contributed by atoms with Crippen LogP contribution in [0.3, 0.4) is 0 Å². The van der Waals surface area contributed by atoms with E-state index in [0.29, 0.717) is 17.4 Å². The van der Waals surface area contributed by atoms with Crippen LogP contribution in [-0.2, 0) is 4.79 Å². The van der Waals surface area contributed by atoms with Crippen molar-refractivity contribution in [2.75, 3.05) is 26.0 Å². The first-order valence-corrected chi connectivity index (χ1v) is 8.33. The minimum absolute atomic E-state index is 0.127. The van der Waals surface area contributed by atoms with Gasteiger partial charge in [0.2, 0.25) is 5.91 Å². The van der Waals surface area contributed by atoms with Gasteiger partial charge in [0, 0.05) is 6.07 Å². The highest BCUT2D eigenvalue weighted by atomic mass is 32.1. The number of carbonyl (C=O) groups is 1. The van der Waals surface area contributed by atoms with Gasteiger partial charge in [-0.05, 0) is 44.6 Å². The fourth-order valence-electron chi connectivity index (χ4n) is 2.20. The number of anilines is 1. The van der Waals surface area contributed by atoms with Gasteiger partial charge in [0.15, 0.2) is 11.6 Å². The number of aryl methyl sites for hydroxylation is 1. The van der Waals surface area contributed by atoms with Crippen molar-refractivity contribution < 1.29 is 9.21 Å². The van der Waals surface area contributed by atoms with Crippen molar-refractivity contribution in [3.05, 3.63) is 41.5 Å². The first-order chi connectivity index (χ1) is 11.5. The van der Waals surface area contributed by atoms with E-state index >= 15 is 0 Å². The summed E-state index contributed by atoms with van der Waals surface area (Å²) < 4.78 is 5.62. The second kappa shape index (κ2) is 6.94. The molecule has 0 unspecified atom stereocenters. The van der Waals surface area contributed by atoms with Crippen LogP contribution in [-0.4, -0.2) is 41.4 Å². The summed E-state index contributed by atoms with van der Waals surface area (Å²) in [4.78, 5) is 23.8. The largest absolute Gasteiger partial charge is 0.458 e. The molecule has 0 aromatic carbocycles. The van der Waals surface area contributed by atoms with Gasteiger partial charge in [0.25, 0.3) is 0 Å². The molecule has 3 aromatic rings. The highest BCUT2D eigenvalue weighted by molar-refractivity contribution is 7.13. The molecule has 0 fully saturated rings. The molecule has 6 nitrogen and oxygen atoms in total. The fraction of sp³-hybridized carbons (Fsp3) is 0.235. The normalized spacial score (nSPS) is 11.0. The predicted molar refractivity (Wildman–Crippen MR) is 95.0 cm³/mol. The zero-order chi connectivity index (χ0) is 17.1. The molecule has 1 N–H and O–H groups in total. The summed E-state index contributed by atoms with van der Waals surface area (Å²) in [6.45, 7) is 2.15. The van der Waals surface area contributed by atoms with Crippen molar-refractivity contribution >= 4 is 23.1 Å². The monoisotopic (exact) mass is 342 g/mol. The highest BCUT2D eigenvalue weighted by Gasteiger charge is 2.14. The lowest BCUT2D eigenvalue weighted by Crippen LogP contribution is -2.27. The van der Waals surface area contributed by atoms with Crippen molar-refractivity contribution in [2.24, 2.45) is 0 Å². The smallest absolute Gasteiger partial charge is 0.239 e. The molecule has 3 rings (SSSR count). The summed E-state index contributed by atoms with van der Waals surface area (Å²) in [6, 6.07) is 9.41. The Morgan fingerprint density at radius 3 is 2.75 bits per heavy atom. The molecule has 0 atom stereocenters. The van der Waals surface area contributed by atoms with Gasteiger partial charge >= 0.3 is 0 Å². The van der Waals surface area contributed by atoms with Crippen molar-refractivity contribution in [1.82, 2.24) is 14.9 Å². The van der Waals surface area contributed by atoms with Crippen LogP contribution in [0, 0.1) is 6.92 Å². The number of likely N-dealkylation sites (N-methyl/N-ethyl adjacent to an activating group) is 1. The molecule has 0 radical (unpaired) electrons. The van der Waals surface area contributed by atoms with Crippen molar-refractivity contribution in [3.63, 3.8) is 0 Å². The first-order valence-electron chi connectivity index (χ1n) is 7.45. The van der Waals surface area contributed by atoms with Crippen molar-refractivity contribution in [1.29, 1.82) is 0 Å². The number of carbonyl (C=O) groups excluding carboxylic acids is 1. The summed E-state index contributed by atoms with van der Waals surface area (Å²) in [5.41, 5.74) is 0.754. The van der Waals surface area contributed by atoms with Crippen LogP contribution in [0.2, 0.25) is 0 Å². The Hall–Kier alpha value is -2.51. The number of furan rings is 1. The van der Waals surface area contributed by atoms with Crippen LogP contribution in [0.1, 0.15) is 5.76 Å². The minimum atomic E-state index is -0.127. The summed E-state index contributed by atoms with van der Waals surface area (Å²) in [5, 5.41) is 4.81. The predicted octanol–water partition coefficient (Wildman–Crippen LogP) is 3.27. The van der Waals surface area contributed by atoms with Gasteiger partial charge in [-0.25, -0.2) is 9.97 Å². The van der Waals surface area contributed by atoms with Crippen LogP contribution >= 0.6 is 11.3 Å². The van der Waals surface area contributed by atoms with E-state index in [-0.39, 0.29) is 12.5 Å². The molecule has 0 aliphatic rings. The van der Waals surface area contributed by atoms with Crippen LogP contribution in [0.15, 0.2) is 40.1 Å². The lowest BCUT2D eigenvalue weighted by Gasteiger charge is -2.11. The Bertz CT molecular complexity index is 840.